The predicted molar refractivity (Wildman–Crippen MR) is 115 cm³/mol. The second-order valence-electron chi connectivity index (χ2n) is 7.09. The van der Waals surface area contributed by atoms with E-state index in [2.05, 4.69) is 28.1 Å². The average Bonchev–Trinajstić information content (AvgIpc) is 3.34. The summed E-state index contributed by atoms with van der Waals surface area (Å²) in [6.45, 7) is 3.09. The van der Waals surface area contributed by atoms with Crippen molar-refractivity contribution >= 4 is 39.8 Å². The summed E-state index contributed by atoms with van der Waals surface area (Å²) in [7, 11) is 0. The molecule has 7 nitrogen and oxygen atoms in total. The number of anilines is 2. The zero-order valence-corrected chi connectivity index (χ0v) is 16.2. The van der Waals surface area contributed by atoms with Gasteiger partial charge < -0.3 is 15.6 Å². The van der Waals surface area contributed by atoms with E-state index in [0.717, 1.165) is 29.6 Å². The molecule has 0 saturated heterocycles. The lowest BCUT2D eigenvalue weighted by molar-refractivity contribution is -0.119. The van der Waals surface area contributed by atoms with Gasteiger partial charge in [-0.15, -0.1) is 0 Å². The number of carbonyl (C=O) groups excluding carboxylic acids is 2. The Morgan fingerprint density at radius 3 is 2.69 bits per heavy atom. The first-order valence-corrected chi connectivity index (χ1v) is 9.68. The van der Waals surface area contributed by atoms with Gasteiger partial charge in [-0.2, -0.15) is 5.10 Å². The maximum absolute atomic E-state index is 12.8. The van der Waals surface area contributed by atoms with E-state index in [0.29, 0.717) is 5.69 Å². The summed E-state index contributed by atoms with van der Waals surface area (Å²) in [5.74, 6) is -0.846. The molecule has 7 heteroatoms. The van der Waals surface area contributed by atoms with Crippen LogP contribution in [0.25, 0.3) is 10.9 Å². The molecule has 148 valence electrons. The number of primary amides is 1. The highest BCUT2D eigenvalue weighted by atomic mass is 16.2. The second-order valence-corrected chi connectivity index (χ2v) is 7.09. The van der Waals surface area contributed by atoms with Gasteiger partial charge in [0.2, 0.25) is 5.91 Å². The maximum atomic E-state index is 12.8. The van der Waals surface area contributed by atoms with E-state index in [1.54, 1.807) is 0 Å². The molecule has 1 unspecified atom stereocenters. The summed E-state index contributed by atoms with van der Waals surface area (Å²) < 4.78 is 2.19. The normalized spacial score (nSPS) is 16.1. The summed E-state index contributed by atoms with van der Waals surface area (Å²) in [5.41, 5.74) is 8.36. The zero-order valence-electron chi connectivity index (χ0n) is 16.2. The van der Waals surface area contributed by atoms with Gasteiger partial charge in [0, 0.05) is 35.8 Å². The van der Waals surface area contributed by atoms with Crippen molar-refractivity contribution in [1.29, 1.82) is 0 Å². The molecule has 1 aliphatic rings. The topological polar surface area (TPSA) is 92.7 Å². The number of nitrogens with one attached hydrogen (secondary N) is 1. The first-order chi connectivity index (χ1) is 14.1. The quantitative estimate of drug-likeness (QED) is 0.678. The molecule has 1 aromatic heterocycles. The fourth-order valence-corrected chi connectivity index (χ4v) is 3.60. The van der Waals surface area contributed by atoms with Crippen molar-refractivity contribution in [1.82, 2.24) is 4.57 Å². The first kappa shape index (κ1) is 18.7. The van der Waals surface area contributed by atoms with Crippen LogP contribution < -0.4 is 16.1 Å². The molecule has 0 spiro atoms. The van der Waals surface area contributed by atoms with Crippen LogP contribution in [-0.2, 0) is 16.1 Å². The predicted octanol–water partition coefficient (Wildman–Crippen LogP) is 3.11. The van der Waals surface area contributed by atoms with E-state index in [-0.39, 0.29) is 18.0 Å². The molecular weight excluding hydrogens is 366 g/mol. The van der Waals surface area contributed by atoms with Gasteiger partial charge in [0.05, 0.1) is 5.69 Å². The van der Waals surface area contributed by atoms with Crippen LogP contribution >= 0.6 is 0 Å². The van der Waals surface area contributed by atoms with Gasteiger partial charge in [-0.05, 0) is 42.8 Å². The lowest BCUT2D eigenvalue weighted by Gasteiger charge is -2.20. The fourth-order valence-electron chi connectivity index (χ4n) is 3.60. The van der Waals surface area contributed by atoms with Crippen molar-refractivity contribution in [3.63, 3.8) is 0 Å². The summed E-state index contributed by atoms with van der Waals surface area (Å²) in [6, 6.07) is 16.4. The highest BCUT2D eigenvalue weighted by molar-refractivity contribution is 6.44. The SMILES string of the molecule is CCCn1ccc2cc(NC(=O)C3=NN(c4ccccc4)C(C(N)=O)C3)ccc21. The average molecular weight is 389 g/mol. The Morgan fingerprint density at radius 2 is 1.97 bits per heavy atom. The molecule has 1 aliphatic heterocycles. The third-order valence-corrected chi connectivity index (χ3v) is 5.02. The number of amides is 2. The molecule has 0 saturated carbocycles. The molecule has 0 bridgehead atoms. The van der Waals surface area contributed by atoms with Crippen molar-refractivity contribution in [3.8, 4) is 0 Å². The number of nitrogens with two attached hydrogens (primary N) is 1. The summed E-state index contributed by atoms with van der Waals surface area (Å²) in [5, 5.41) is 9.85. The highest BCUT2D eigenvalue weighted by Gasteiger charge is 2.34. The number of carbonyl (C=O) groups is 2. The first-order valence-electron chi connectivity index (χ1n) is 9.68. The number of fused-ring (bicyclic) bond motifs is 1. The molecular formula is C22H23N5O2. The number of hydrogen-bond donors (Lipinski definition) is 2. The van der Waals surface area contributed by atoms with E-state index >= 15 is 0 Å². The van der Waals surface area contributed by atoms with Gasteiger partial charge in [0.1, 0.15) is 11.8 Å². The number of hydrazone groups is 1. The van der Waals surface area contributed by atoms with Crippen LogP contribution in [0.2, 0.25) is 0 Å². The molecule has 2 amide bonds. The molecule has 2 heterocycles. The van der Waals surface area contributed by atoms with Gasteiger partial charge >= 0.3 is 0 Å². The minimum atomic E-state index is -0.677. The van der Waals surface area contributed by atoms with E-state index < -0.39 is 11.9 Å². The Morgan fingerprint density at radius 1 is 1.17 bits per heavy atom. The lowest BCUT2D eigenvalue weighted by Crippen LogP contribution is -2.39. The van der Waals surface area contributed by atoms with Crippen LogP contribution in [-0.4, -0.2) is 28.1 Å². The number of hydrogen-bond acceptors (Lipinski definition) is 4. The summed E-state index contributed by atoms with van der Waals surface area (Å²) in [4.78, 5) is 24.7. The van der Waals surface area contributed by atoms with Crippen molar-refractivity contribution in [3.05, 3.63) is 60.8 Å². The Bertz CT molecular complexity index is 1090. The highest BCUT2D eigenvalue weighted by Crippen LogP contribution is 2.25. The Labute approximate surface area is 168 Å². The van der Waals surface area contributed by atoms with Gasteiger partial charge in [-0.1, -0.05) is 25.1 Å². The maximum Gasteiger partial charge on any atom is 0.271 e. The Hall–Kier alpha value is -3.61. The van der Waals surface area contributed by atoms with Crippen LogP contribution in [0.15, 0.2) is 65.9 Å². The van der Waals surface area contributed by atoms with Gasteiger partial charge in [-0.3, -0.25) is 14.6 Å². The van der Waals surface area contributed by atoms with E-state index in [1.165, 1.54) is 5.01 Å². The number of benzene rings is 2. The van der Waals surface area contributed by atoms with Crippen LogP contribution in [0, 0.1) is 0 Å². The van der Waals surface area contributed by atoms with Crippen LogP contribution in [0.5, 0.6) is 0 Å². The van der Waals surface area contributed by atoms with Crippen LogP contribution in [0.4, 0.5) is 11.4 Å². The van der Waals surface area contributed by atoms with Crippen LogP contribution in [0.3, 0.4) is 0 Å². The van der Waals surface area contributed by atoms with Crippen molar-refractivity contribution in [2.45, 2.75) is 32.4 Å². The number of aromatic nitrogens is 1. The van der Waals surface area contributed by atoms with Gasteiger partial charge in [0.15, 0.2) is 0 Å². The van der Waals surface area contributed by atoms with Gasteiger partial charge in [-0.25, -0.2) is 0 Å². The smallest absolute Gasteiger partial charge is 0.271 e. The van der Waals surface area contributed by atoms with Crippen molar-refractivity contribution in [2.24, 2.45) is 10.8 Å². The van der Waals surface area contributed by atoms with Gasteiger partial charge in [0.25, 0.3) is 5.91 Å². The van der Waals surface area contributed by atoms with Crippen molar-refractivity contribution in [2.75, 3.05) is 10.3 Å². The molecule has 0 radical (unpaired) electrons. The number of nitrogens with zero attached hydrogens (tertiary/aromatic N) is 3. The summed E-state index contributed by atoms with van der Waals surface area (Å²) in [6.07, 6.45) is 3.28. The third kappa shape index (κ3) is 3.71. The van der Waals surface area contributed by atoms with E-state index in [1.807, 2.05) is 54.6 Å². The molecule has 3 N–H and O–H groups in total. The molecule has 2 aromatic carbocycles. The standard InChI is InChI=1S/C22H23N5O2/c1-2-11-26-12-10-15-13-16(8-9-19(15)26)24-22(29)18-14-20(21(23)28)27(25-18)17-6-4-3-5-7-17/h3-10,12-13,20H,2,11,14H2,1H3,(H2,23,28)(H,24,29). The minimum absolute atomic E-state index is 0.172. The fraction of sp³-hybridized carbons (Fsp3) is 0.227. The largest absolute Gasteiger partial charge is 0.368 e. The van der Waals surface area contributed by atoms with Crippen LogP contribution in [0.1, 0.15) is 19.8 Å². The van der Waals surface area contributed by atoms with E-state index in [9.17, 15) is 9.59 Å². The Balaban J connectivity index is 1.55. The molecule has 4 rings (SSSR count). The second kappa shape index (κ2) is 7.79. The number of para-hydroxylation sites is 1. The monoisotopic (exact) mass is 389 g/mol. The molecule has 1 atom stereocenters. The minimum Gasteiger partial charge on any atom is -0.368 e. The number of aryl methyl sites for hydroxylation is 1. The molecule has 3 aromatic rings. The zero-order chi connectivity index (χ0) is 20.4. The van der Waals surface area contributed by atoms with Crippen molar-refractivity contribution < 1.29 is 9.59 Å². The van der Waals surface area contributed by atoms with E-state index in [4.69, 9.17) is 5.73 Å². The molecule has 0 aliphatic carbocycles. The Kier molecular flexibility index (Phi) is 5.03. The third-order valence-electron chi connectivity index (χ3n) is 5.02. The summed E-state index contributed by atoms with van der Waals surface area (Å²) >= 11 is 0. The number of rotatable bonds is 6. The molecule has 29 heavy (non-hydrogen) atoms. The lowest BCUT2D eigenvalue weighted by atomic mass is 10.1. The molecule has 0 fully saturated rings.